The first-order chi connectivity index (χ1) is 13.5. The van der Waals surface area contributed by atoms with Crippen molar-refractivity contribution in [2.75, 3.05) is 5.73 Å². The van der Waals surface area contributed by atoms with E-state index in [0.29, 0.717) is 28.2 Å². The monoisotopic (exact) mass is 372 g/mol. The third-order valence-corrected chi connectivity index (χ3v) is 4.60. The lowest BCUT2D eigenvalue weighted by atomic mass is 10.1. The molecule has 0 bridgehead atoms. The van der Waals surface area contributed by atoms with Crippen LogP contribution in [0.1, 0.15) is 20.7 Å². The molecule has 8 heteroatoms. The number of hydrogen-bond acceptors (Lipinski definition) is 6. The van der Waals surface area contributed by atoms with Gasteiger partial charge in [0.25, 0.3) is 17.4 Å². The number of fused-ring (bicyclic) bond motifs is 2. The summed E-state index contributed by atoms with van der Waals surface area (Å²) in [6, 6.07) is 15.3. The number of imide groups is 1. The molecule has 3 N–H and O–H groups in total. The third-order valence-electron chi connectivity index (χ3n) is 4.60. The average Bonchev–Trinajstić information content (AvgIpc) is 3.23. The number of nitrogens with two attached hydrogens (primary N) is 1. The summed E-state index contributed by atoms with van der Waals surface area (Å²) in [5, 5.41) is 2.15. The van der Waals surface area contributed by atoms with E-state index in [-0.39, 0.29) is 16.9 Å². The van der Waals surface area contributed by atoms with Gasteiger partial charge in [0.2, 0.25) is 5.89 Å². The van der Waals surface area contributed by atoms with Crippen LogP contribution < -0.4 is 16.6 Å². The Labute approximate surface area is 157 Å². The fourth-order valence-electron chi connectivity index (χ4n) is 3.32. The minimum Gasteiger partial charge on any atom is -0.436 e. The molecule has 1 aliphatic rings. The second kappa shape index (κ2) is 5.65. The normalized spacial score (nSPS) is 13.0. The number of nitrogens with one attached hydrogen (secondary N) is 1. The number of rotatable bonds is 2. The molecule has 0 saturated heterocycles. The number of benzene rings is 2. The first-order valence-corrected chi connectivity index (χ1v) is 8.40. The SMILES string of the molecule is Nc1c2c(cc(=O)n1-c1cccc(-c3nc4ccccc4o3)c1)C(=O)NC2=O. The fraction of sp³-hybridized carbons (Fsp3) is 0. The van der Waals surface area contributed by atoms with E-state index in [4.69, 9.17) is 10.2 Å². The van der Waals surface area contributed by atoms with Crippen molar-refractivity contribution in [3.63, 3.8) is 0 Å². The summed E-state index contributed by atoms with van der Waals surface area (Å²) >= 11 is 0. The molecule has 2 aromatic heterocycles. The molecule has 2 aromatic carbocycles. The van der Waals surface area contributed by atoms with Crippen molar-refractivity contribution in [3.05, 3.63) is 76.1 Å². The van der Waals surface area contributed by atoms with Gasteiger partial charge >= 0.3 is 0 Å². The zero-order valence-corrected chi connectivity index (χ0v) is 14.3. The predicted molar refractivity (Wildman–Crippen MR) is 101 cm³/mol. The summed E-state index contributed by atoms with van der Waals surface area (Å²) in [7, 11) is 0. The maximum absolute atomic E-state index is 12.6. The number of nitrogen functional groups attached to an aromatic ring is 1. The summed E-state index contributed by atoms with van der Waals surface area (Å²) in [6.45, 7) is 0. The van der Waals surface area contributed by atoms with E-state index in [2.05, 4.69) is 10.3 Å². The smallest absolute Gasteiger partial charge is 0.262 e. The number of nitrogens with zero attached hydrogens (tertiary/aromatic N) is 2. The minimum absolute atomic E-state index is 0.00290. The van der Waals surface area contributed by atoms with Crippen molar-refractivity contribution in [1.82, 2.24) is 14.9 Å². The van der Waals surface area contributed by atoms with Gasteiger partial charge in [-0.3, -0.25) is 24.3 Å². The molecular weight excluding hydrogens is 360 g/mol. The van der Waals surface area contributed by atoms with Crippen LogP contribution in [0.4, 0.5) is 5.82 Å². The highest BCUT2D eigenvalue weighted by atomic mass is 16.3. The summed E-state index contributed by atoms with van der Waals surface area (Å²) in [6.07, 6.45) is 0. The Kier molecular flexibility index (Phi) is 3.23. The third kappa shape index (κ3) is 2.25. The number of para-hydroxylation sites is 2. The molecule has 4 aromatic rings. The molecule has 0 fully saturated rings. The topological polar surface area (TPSA) is 120 Å². The predicted octanol–water partition coefficient (Wildman–Crippen LogP) is 2.11. The molecular formula is C20H12N4O4. The van der Waals surface area contributed by atoms with Gasteiger partial charge in [0.05, 0.1) is 16.8 Å². The van der Waals surface area contributed by atoms with Crippen molar-refractivity contribution in [3.8, 4) is 17.1 Å². The van der Waals surface area contributed by atoms with E-state index in [1.165, 1.54) is 4.57 Å². The first kappa shape index (κ1) is 16.0. The lowest BCUT2D eigenvalue weighted by Gasteiger charge is -2.12. The van der Waals surface area contributed by atoms with Crippen LogP contribution in [0.3, 0.4) is 0 Å². The van der Waals surface area contributed by atoms with E-state index in [1.54, 1.807) is 24.3 Å². The lowest BCUT2D eigenvalue weighted by Crippen LogP contribution is -2.24. The Balaban J connectivity index is 1.69. The number of carbonyl (C=O) groups excluding carboxylic acids is 2. The summed E-state index contributed by atoms with van der Waals surface area (Å²) < 4.78 is 6.96. The molecule has 0 radical (unpaired) electrons. The zero-order valence-electron chi connectivity index (χ0n) is 14.3. The molecule has 0 saturated carbocycles. The summed E-state index contributed by atoms with van der Waals surface area (Å²) in [5.41, 5.74) is 7.97. The largest absolute Gasteiger partial charge is 0.436 e. The number of amides is 2. The molecule has 0 unspecified atom stereocenters. The van der Waals surface area contributed by atoms with Crippen molar-refractivity contribution in [2.24, 2.45) is 0 Å². The van der Waals surface area contributed by atoms with Crippen LogP contribution in [0.2, 0.25) is 0 Å². The molecule has 28 heavy (non-hydrogen) atoms. The van der Waals surface area contributed by atoms with Gasteiger partial charge in [0, 0.05) is 11.6 Å². The maximum Gasteiger partial charge on any atom is 0.262 e. The molecule has 2 amide bonds. The van der Waals surface area contributed by atoms with E-state index < -0.39 is 17.4 Å². The molecule has 8 nitrogen and oxygen atoms in total. The van der Waals surface area contributed by atoms with Gasteiger partial charge < -0.3 is 10.2 Å². The summed E-state index contributed by atoms with van der Waals surface area (Å²) in [4.78, 5) is 40.9. The number of oxazole rings is 1. The molecule has 5 rings (SSSR count). The Morgan fingerprint density at radius 2 is 1.79 bits per heavy atom. The van der Waals surface area contributed by atoms with Gasteiger partial charge in [0.1, 0.15) is 11.3 Å². The standard InChI is InChI=1S/C20H12N4O4/c21-17-16-12(18(26)23-19(16)27)9-15(25)24(17)11-5-3-4-10(8-11)20-22-13-6-1-2-7-14(13)28-20/h1-9H,21H2,(H,23,26,27). The van der Waals surface area contributed by atoms with Crippen LogP contribution in [0.25, 0.3) is 28.2 Å². The molecule has 3 heterocycles. The second-order valence-corrected chi connectivity index (χ2v) is 6.31. The number of aromatic nitrogens is 2. The lowest BCUT2D eigenvalue weighted by molar-refractivity contribution is 0.0880. The summed E-state index contributed by atoms with van der Waals surface area (Å²) in [5.74, 6) is -0.957. The Bertz CT molecular complexity index is 1330. The van der Waals surface area contributed by atoms with Crippen molar-refractivity contribution in [2.45, 2.75) is 0 Å². The van der Waals surface area contributed by atoms with Crippen LogP contribution in [0.15, 0.2) is 63.8 Å². The van der Waals surface area contributed by atoms with Crippen LogP contribution in [-0.4, -0.2) is 21.4 Å². The number of anilines is 1. The van der Waals surface area contributed by atoms with Gasteiger partial charge in [-0.05, 0) is 30.3 Å². The van der Waals surface area contributed by atoms with Gasteiger partial charge in [-0.25, -0.2) is 4.98 Å². The van der Waals surface area contributed by atoms with Crippen LogP contribution >= 0.6 is 0 Å². The van der Waals surface area contributed by atoms with E-state index in [1.807, 2.05) is 24.3 Å². The highest BCUT2D eigenvalue weighted by Crippen LogP contribution is 2.27. The van der Waals surface area contributed by atoms with E-state index in [9.17, 15) is 14.4 Å². The van der Waals surface area contributed by atoms with E-state index in [0.717, 1.165) is 6.07 Å². The minimum atomic E-state index is -0.629. The molecule has 136 valence electrons. The van der Waals surface area contributed by atoms with Crippen LogP contribution in [-0.2, 0) is 0 Å². The highest BCUT2D eigenvalue weighted by molar-refractivity contribution is 6.23. The highest BCUT2D eigenvalue weighted by Gasteiger charge is 2.31. The maximum atomic E-state index is 12.6. The number of pyridine rings is 1. The number of hydrogen-bond donors (Lipinski definition) is 2. The van der Waals surface area contributed by atoms with Crippen LogP contribution in [0.5, 0.6) is 0 Å². The number of carbonyl (C=O) groups is 2. The molecule has 0 aliphatic carbocycles. The van der Waals surface area contributed by atoms with Crippen molar-refractivity contribution < 1.29 is 14.0 Å². The van der Waals surface area contributed by atoms with Gasteiger partial charge in [-0.2, -0.15) is 0 Å². The Morgan fingerprint density at radius 3 is 2.61 bits per heavy atom. The van der Waals surface area contributed by atoms with Crippen LogP contribution in [0, 0.1) is 0 Å². The Hall–Kier alpha value is -4.20. The Morgan fingerprint density at radius 1 is 0.964 bits per heavy atom. The molecule has 0 spiro atoms. The van der Waals surface area contributed by atoms with Gasteiger partial charge in [-0.15, -0.1) is 0 Å². The van der Waals surface area contributed by atoms with E-state index >= 15 is 0 Å². The first-order valence-electron chi connectivity index (χ1n) is 8.40. The van der Waals surface area contributed by atoms with Gasteiger partial charge in [-0.1, -0.05) is 18.2 Å². The molecule has 1 aliphatic heterocycles. The quantitative estimate of drug-likeness (QED) is 0.520. The van der Waals surface area contributed by atoms with Crippen molar-refractivity contribution >= 4 is 28.7 Å². The van der Waals surface area contributed by atoms with Gasteiger partial charge in [0.15, 0.2) is 5.58 Å². The zero-order chi connectivity index (χ0) is 19.4. The fourth-order valence-corrected chi connectivity index (χ4v) is 3.32. The molecule has 0 atom stereocenters. The second-order valence-electron chi connectivity index (χ2n) is 6.31. The van der Waals surface area contributed by atoms with Crippen molar-refractivity contribution in [1.29, 1.82) is 0 Å². The average molecular weight is 372 g/mol.